The average Bonchev–Trinajstić information content (AvgIpc) is 2.97. The summed E-state index contributed by atoms with van der Waals surface area (Å²) in [7, 11) is 0. The van der Waals surface area contributed by atoms with Crippen LogP contribution in [0.5, 0.6) is 0 Å². The van der Waals surface area contributed by atoms with E-state index in [9.17, 15) is 0 Å². The van der Waals surface area contributed by atoms with Gasteiger partial charge in [-0.05, 0) is 23.1 Å². The fourth-order valence-corrected chi connectivity index (χ4v) is 3.30. The van der Waals surface area contributed by atoms with Gasteiger partial charge in [0.05, 0.1) is 15.9 Å². The van der Waals surface area contributed by atoms with Crippen molar-refractivity contribution in [1.82, 2.24) is 10.2 Å². The Labute approximate surface area is 102 Å². The highest BCUT2D eigenvalue weighted by molar-refractivity contribution is 8.00. The van der Waals surface area contributed by atoms with Crippen molar-refractivity contribution >= 4 is 34.0 Å². The minimum absolute atomic E-state index is 1.01. The zero-order valence-electron chi connectivity index (χ0n) is 8.51. The first-order valence-electron chi connectivity index (χ1n) is 5.00. The first-order chi connectivity index (χ1) is 7.92. The topological polar surface area (TPSA) is 28.7 Å². The van der Waals surface area contributed by atoms with Crippen molar-refractivity contribution in [3.8, 4) is 0 Å². The predicted molar refractivity (Wildman–Crippen MR) is 70.0 cm³/mol. The number of hydrogen-bond acceptors (Lipinski definition) is 3. The summed E-state index contributed by atoms with van der Waals surface area (Å²) in [5.74, 6) is 1.01. The molecule has 1 aromatic carbocycles. The fraction of sp³-hybridized carbons (Fsp3) is 0.0833. The maximum absolute atomic E-state index is 4.02. The Bertz CT molecular complexity index is 584. The van der Waals surface area contributed by atoms with Crippen LogP contribution in [-0.2, 0) is 5.75 Å². The van der Waals surface area contributed by atoms with Crippen molar-refractivity contribution < 1.29 is 0 Å². The van der Waals surface area contributed by atoms with Gasteiger partial charge in [-0.15, -0.1) is 23.1 Å². The first-order valence-corrected chi connectivity index (χ1v) is 6.87. The van der Waals surface area contributed by atoms with E-state index >= 15 is 0 Å². The molecule has 0 saturated carbocycles. The molecule has 0 unspecified atom stereocenters. The monoisotopic (exact) mass is 246 g/mol. The van der Waals surface area contributed by atoms with Gasteiger partial charge in [-0.25, -0.2) is 0 Å². The summed E-state index contributed by atoms with van der Waals surface area (Å²) >= 11 is 3.67. The number of H-pyrrole nitrogens is 1. The molecule has 2 heterocycles. The molecule has 0 aliphatic rings. The number of benzene rings is 1. The number of thiophene rings is 1. The molecule has 0 aliphatic carbocycles. The molecule has 2 nitrogen and oxygen atoms in total. The normalized spacial score (nSPS) is 11.0. The average molecular weight is 246 g/mol. The number of nitrogens with one attached hydrogen (secondary N) is 1. The summed E-state index contributed by atoms with van der Waals surface area (Å²) in [6.07, 6.45) is 1.85. The molecule has 0 amide bonds. The number of fused-ring (bicyclic) bond motifs is 1. The Kier molecular flexibility index (Phi) is 2.68. The Morgan fingerprint density at radius 2 is 2.31 bits per heavy atom. The number of aromatic nitrogens is 2. The lowest BCUT2D eigenvalue weighted by Gasteiger charge is -1.99. The van der Waals surface area contributed by atoms with E-state index in [1.807, 2.05) is 18.0 Å². The van der Waals surface area contributed by atoms with Crippen molar-refractivity contribution in [2.75, 3.05) is 0 Å². The van der Waals surface area contributed by atoms with Crippen molar-refractivity contribution in [3.63, 3.8) is 0 Å². The third kappa shape index (κ3) is 1.99. The highest BCUT2D eigenvalue weighted by atomic mass is 32.2. The van der Waals surface area contributed by atoms with E-state index < -0.39 is 0 Å². The Hall–Kier alpha value is -1.26. The van der Waals surface area contributed by atoms with Gasteiger partial charge >= 0.3 is 0 Å². The van der Waals surface area contributed by atoms with E-state index in [0.717, 1.165) is 11.3 Å². The van der Waals surface area contributed by atoms with E-state index in [1.54, 1.807) is 11.3 Å². The van der Waals surface area contributed by atoms with Crippen LogP contribution in [0.3, 0.4) is 0 Å². The van der Waals surface area contributed by atoms with Crippen LogP contribution in [0, 0.1) is 0 Å². The summed E-state index contributed by atoms with van der Waals surface area (Å²) in [5.41, 5.74) is 2.44. The molecule has 0 bridgehead atoms. The smallest absolute Gasteiger partial charge is 0.0653 e. The molecule has 0 fully saturated rings. The lowest BCUT2D eigenvalue weighted by atomic mass is 10.2. The van der Waals surface area contributed by atoms with Crippen molar-refractivity contribution in [3.05, 3.63) is 47.5 Å². The van der Waals surface area contributed by atoms with E-state index in [4.69, 9.17) is 0 Å². The van der Waals surface area contributed by atoms with Gasteiger partial charge < -0.3 is 0 Å². The number of thioether (sulfide) groups is 1. The molecule has 2 aromatic heterocycles. The molecular formula is C12H10N2S2. The minimum Gasteiger partial charge on any atom is -0.278 e. The summed E-state index contributed by atoms with van der Waals surface area (Å²) in [6, 6.07) is 10.7. The lowest BCUT2D eigenvalue weighted by molar-refractivity contribution is 1.12. The van der Waals surface area contributed by atoms with Crippen LogP contribution in [0.25, 0.3) is 10.9 Å². The molecule has 0 saturated heterocycles. The predicted octanol–water partition coefficient (Wildman–Crippen LogP) is 3.92. The Morgan fingerprint density at radius 1 is 1.31 bits per heavy atom. The first kappa shape index (κ1) is 9.93. The fourth-order valence-electron chi connectivity index (χ4n) is 1.57. The Balaban J connectivity index is 1.78. The number of hydrogen-bond donors (Lipinski definition) is 1. The van der Waals surface area contributed by atoms with Crippen LogP contribution < -0.4 is 0 Å². The molecule has 1 N–H and O–H groups in total. The van der Waals surface area contributed by atoms with E-state index in [1.165, 1.54) is 15.2 Å². The van der Waals surface area contributed by atoms with Crippen molar-refractivity contribution in [2.45, 2.75) is 9.96 Å². The summed E-state index contributed by atoms with van der Waals surface area (Å²) < 4.78 is 1.37. The summed E-state index contributed by atoms with van der Waals surface area (Å²) in [6.45, 7) is 0. The van der Waals surface area contributed by atoms with Crippen LogP contribution in [0.1, 0.15) is 5.56 Å². The summed E-state index contributed by atoms with van der Waals surface area (Å²) in [5, 5.41) is 10.3. The van der Waals surface area contributed by atoms with Crippen LogP contribution >= 0.6 is 23.1 Å². The number of rotatable bonds is 3. The molecule has 0 aliphatic heterocycles. The van der Waals surface area contributed by atoms with E-state index in [2.05, 4.69) is 45.9 Å². The largest absolute Gasteiger partial charge is 0.278 e. The second kappa shape index (κ2) is 4.31. The molecule has 80 valence electrons. The molecule has 0 atom stereocenters. The zero-order chi connectivity index (χ0) is 10.8. The molecule has 3 aromatic rings. The van der Waals surface area contributed by atoms with Crippen LogP contribution in [0.15, 0.2) is 46.1 Å². The van der Waals surface area contributed by atoms with Gasteiger partial charge in [-0.3, -0.25) is 5.10 Å². The van der Waals surface area contributed by atoms with Crippen LogP contribution in [0.2, 0.25) is 0 Å². The van der Waals surface area contributed by atoms with E-state index in [0.29, 0.717) is 0 Å². The van der Waals surface area contributed by atoms with Gasteiger partial charge in [0.15, 0.2) is 0 Å². The highest BCUT2D eigenvalue weighted by Crippen LogP contribution is 2.27. The van der Waals surface area contributed by atoms with Gasteiger partial charge in [0.2, 0.25) is 0 Å². The van der Waals surface area contributed by atoms with Crippen molar-refractivity contribution in [1.29, 1.82) is 0 Å². The third-order valence-corrected chi connectivity index (χ3v) is 4.58. The van der Waals surface area contributed by atoms with Gasteiger partial charge in [0, 0.05) is 11.1 Å². The van der Waals surface area contributed by atoms with E-state index in [-0.39, 0.29) is 0 Å². The molecule has 3 rings (SSSR count). The molecule has 4 heteroatoms. The van der Waals surface area contributed by atoms with Gasteiger partial charge in [-0.1, -0.05) is 18.2 Å². The quantitative estimate of drug-likeness (QED) is 0.710. The lowest BCUT2D eigenvalue weighted by Crippen LogP contribution is -1.79. The van der Waals surface area contributed by atoms with Gasteiger partial charge in [0.1, 0.15) is 0 Å². The highest BCUT2D eigenvalue weighted by Gasteiger charge is 2.00. The van der Waals surface area contributed by atoms with Crippen LogP contribution in [-0.4, -0.2) is 10.2 Å². The Morgan fingerprint density at radius 3 is 3.19 bits per heavy atom. The number of nitrogens with zero attached hydrogens (tertiary/aromatic N) is 1. The molecule has 0 spiro atoms. The summed E-state index contributed by atoms with van der Waals surface area (Å²) in [4.78, 5) is 0. The second-order valence-corrected chi connectivity index (χ2v) is 5.74. The second-order valence-electron chi connectivity index (χ2n) is 3.51. The maximum Gasteiger partial charge on any atom is 0.0653 e. The molecule has 0 radical (unpaired) electrons. The van der Waals surface area contributed by atoms with Gasteiger partial charge in [0.25, 0.3) is 0 Å². The standard InChI is InChI=1S/C12H10N2S2/c1-2-12(15-5-1)16-8-9-3-4-10-7-13-14-11(10)6-9/h1-7H,8H2,(H,13,14). The maximum atomic E-state index is 4.02. The van der Waals surface area contributed by atoms with Crippen LogP contribution in [0.4, 0.5) is 0 Å². The SMILES string of the molecule is c1csc(SCc2ccc3cn[nH]c3c2)c1. The third-order valence-electron chi connectivity index (χ3n) is 2.38. The minimum atomic E-state index is 1.01. The van der Waals surface area contributed by atoms with Crippen molar-refractivity contribution in [2.24, 2.45) is 0 Å². The molecule has 16 heavy (non-hydrogen) atoms. The molecular weight excluding hydrogens is 236 g/mol. The van der Waals surface area contributed by atoms with Gasteiger partial charge in [-0.2, -0.15) is 5.10 Å². The number of aromatic amines is 1. The zero-order valence-corrected chi connectivity index (χ0v) is 10.1.